The second kappa shape index (κ2) is 12.5. The molecule has 0 aliphatic heterocycles. The van der Waals surface area contributed by atoms with Gasteiger partial charge in [0.15, 0.2) is 5.96 Å². The summed E-state index contributed by atoms with van der Waals surface area (Å²) < 4.78 is 13.5. The number of halogens is 3. The molecule has 1 amide bonds. The number of carbonyl (C=O) groups excluding carboxylic acids is 1. The summed E-state index contributed by atoms with van der Waals surface area (Å²) in [6, 6.07) is 11.7. The van der Waals surface area contributed by atoms with Crippen LogP contribution in [0.4, 0.5) is 4.39 Å². The second-order valence-corrected chi connectivity index (χ2v) is 7.08. The molecule has 1 aromatic heterocycles. The number of hydrogen-bond donors (Lipinski definition) is 4. The van der Waals surface area contributed by atoms with Crippen molar-refractivity contribution < 1.29 is 9.18 Å². The molecule has 0 radical (unpaired) electrons. The fraction of sp³-hybridized carbons (Fsp3) is 0.273. The van der Waals surface area contributed by atoms with Crippen LogP contribution in [0.25, 0.3) is 10.9 Å². The van der Waals surface area contributed by atoms with E-state index in [2.05, 4.69) is 25.9 Å². The molecule has 0 fully saturated rings. The Morgan fingerprint density at radius 3 is 2.68 bits per heavy atom. The topological polar surface area (TPSA) is 81.3 Å². The summed E-state index contributed by atoms with van der Waals surface area (Å²) in [5.74, 6) is 0.201. The Hall–Kier alpha value is -2.33. The van der Waals surface area contributed by atoms with E-state index in [1.807, 2.05) is 13.1 Å². The minimum Gasteiger partial charge on any atom is -0.361 e. The van der Waals surface area contributed by atoms with Crippen LogP contribution in [0.1, 0.15) is 22.8 Å². The highest BCUT2D eigenvalue weighted by molar-refractivity contribution is 14.0. The third-order valence-electron chi connectivity index (χ3n) is 4.55. The van der Waals surface area contributed by atoms with E-state index in [0.29, 0.717) is 42.6 Å². The Kier molecular flexibility index (Phi) is 10.1. The zero-order valence-corrected chi connectivity index (χ0v) is 20.3. The number of amides is 1. The van der Waals surface area contributed by atoms with E-state index >= 15 is 0 Å². The Balaban J connectivity index is 0.00000341. The molecule has 2 aromatic carbocycles. The third kappa shape index (κ3) is 7.10. The molecule has 31 heavy (non-hydrogen) atoms. The van der Waals surface area contributed by atoms with Crippen molar-refractivity contribution in [2.45, 2.75) is 13.3 Å². The summed E-state index contributed by atoms with van der Waals surface area (Å²) in [6.45, 7) is 4.19. The minimum absolute atomic E-state index is 0. The number of carbonyl (C=O) groups is 1. The molecule has 0 unspecified atom stereocenters. The molecule has 0 saturated heterocycles. The standard InChI is InChI=1S/C22H25ClFN5O.HI/c1-2-25-22(28-12-11-26-21(30)17-5-3-4-6-19(17)23)27-10-9-15-14-29-20-8-7-16(24)13-18(15)20;/h3-8,13-14,29H,2,9-12H2,1H3,(H,26,30)(H2,25,27,28);1H. The highest BCUT2D eigenvalue weighted by atomic mass is 127. The number of rotatable bonds is 8. The molecule has 0 spiro atoms. The highest BCUT2D eigenvalue weighted by Crippen LogP contribution is 2.19. The first-order valence-corrected chi connectivity index (χ1v) is 10.3. The lowest BCUT2D eigenvalue weighted by Gasteiger charge is -2.12. The van der Waals surface area contributed by atoms with Gasteiger partial charge >= 0.3 is 0 Å². The number of nitrogens with zero attached hydrogens (tertiary/aromatic N) is 1. The van der Waals surface area contributed by atoms with E-state index in [4.69, 9.17) is 11.6 Å². The first-order valence-electron chi connectivity index (χ1n) is 9.89. The lowest BCUT2D eigenvalue weighted by Crippen LogP contribution is -2.41. The lowest BCUT2D eigenvalue weighted by molar-refractivity contribution is 0.0954. The van der Waals surface area contributed by atoms with Crippen LogP contribution in [0.2, 0.25) is 5.02 Å². The maximum absolute atomic E-state index is 13.5. The zero-order chi connectivity index (χ0) is 21.3. The van der Waals surface area contributed by atoms with Gasteiger partial charge in [0, 0.05) is 43.3 Å². The first-order chi connectivity index (χ1) is 14.6. The summed E-state index contributed by atoms with van der Waals surface area (Å²) in [4.78, 5) is 19.9. The van der Waals surface area contributed by atoms with Gasteiger partial charge in [0.1, 0.15) is 5.82 Å². The number of aliphatic imine (C=N–C) groups is 1. The molecule has 0 bridgehead atoms. The van der Waals surface area contributed by atoms with Crippen molar-refractivity contribution in [3.8, 4) is 0 Å². The molecule has 166 valence electrons. The van der Waals surface area contributed by atoms with E-state index < -0.39 is 0 Å². The SMILES string of the molecule is CCNC(=NCCc1c[nH]c2ccc(F)cc12)NCCNC(=O)c1ccccc1Cl.I. The van der Waals surface area contributed by atoms with Crippen molar-refractivity contribution in [3.05, 3.63) is 70.6 Å². The van der Waals surface area contributed by atoms with Crippen molar-refractivity contribution in [1.29, 1.82) is 0 Å². The number of aromatic amines is 1. The summed E-state index contributed by atoms with van der Waals surface area (Å²) in [5.41, 5.74) is 2.39. The molecule has 4 N–H and O–H groups in total. The van der Waals surface area contributed by atoms with E-state index in [9.17, 15) is 9.18 Å². The maximum Gasteiger partial charge on any atom is 0.252 e. The van der Waals surface area contributed by atoms with Crippen LogP contribution in [0.15, 0.2) is 53.7 Å². The molecule has 6 nitrogen and oxygen atoms in total. The Bertz CT molecular complexity index is 1040. The number of hydrogen-bond acceptors (Lipinski definition) is 2. The molecule has 0 saturated carbocycles. The fourth-order valence-electron chi connectivity index (χ4n) is 3.08. The minimum atomic E-state index is -0.249. The Morgan fingerprint density at radius 1 is 1.13 bits per heavy atom. The predicted octanol–water partition coefficient (Wildman–Crippen LogP) is 4.11. The normalized spacial score (nSPS) is 11.1. The molecule has 1 heterocycles. The van der Waals surface area contributed by atoms with Crippen LogP contribution in [0.3, 0.4) is 0 Å². The molecule has 3 aromatic rings. The van der Waals surface area contributed by atoms with Crippen LogP contribution >= 0.6 is 35.6 Å². The second-order valence-electron chi connectivity index (χ2n) is 6.68. The maximum atomic E-state index is 13.5. The van der Waals surface area contributed by atoms with Gasteiger partial charge in [0.05, 0.1) is 10.6 Å². The number of nitrogens with one attached hydrogen (secondary N) is 4. The summed E-state index contributed by atoms with van der Waals surface area (Å²) in [5, 5.41) is 10.5. The van der Waals surface area contributed by atoms with Crippen LogP contribution in [0.5, 0.6) is 0 Å². The fourth-order valence-corrected chi connectivity index (χ4v) is 3.31. The average Bonchev–Trinajstić information content (AvgIpc) is 3.13. The van der Waals surface area contributed by atoms with Crippen molar-refractivity contribution in [2.24, 2.45) is 4.99 Å². The number of fused-ring (bicyclic) bond motifs is 1. The smallest absolute Gasteiger partial charge is 0.252 e. The van der Waals surface area contributed by atoms with Gasteiger partial charge in [-0.2, -0.15) is 0 Å². The van der Waals surface area contributed by atoms with Gasteiger partial charge in [0.25, 0.3) is 5.91 Å². The third-order valence-corrected chi connectivity index (χ3v) is 4.88. The molecule has 0 aliphatic carbocycles. The van der Waals surface area contributed by atoms with E-state index in [-0.39, 0.29) is 35.7 Å². The van der Waals surface area contributed by atoms with Gasteiger partial charge in [-0.1, -0.05) is 23.7 Å². The highest BCUT2D eigenvalue weighted by Gasteiger charge is 2.08. The van der Waals surface area contributed by atoms with Crippen molar-refractivity contribution in [1.82, 2.24) is 20.9 Å². The Morgan fingerprint density at radius 2 is 1.90 bits per heavy atom. The largest absolute Gasteiger partial charge is 0.361 e. The van der Waals surface area contributed by atoms with Gasteiger partial charge in [-0.3, -0.25) is 9.79 Å². The van der Waals surface area contributed by atoms with E-state index in [1.165, 1.54) is 12.1 Å². The molecule has 3 rings (SSSR count). The van der Waals surface area contributed by atoms with Crippen molar-refractivity contribution >= 4 is 58.3 Å². The van der Waals surface area contributed by atoms with Crippen molar-refractivity contribution in [3.63, 3.8) is 0 Å². The number of aromatic nitrogens is 1. The van der Waals surface area contributed by atoms with Crippen molar-refractivity contribution in [2.75, 3.05) is 26.2 Å². The molecule has 0 aliphatic rings. The molecule has 0 atom stereocenters. The van der Waals surface area contributed by atoms with Gasteiger partial charge in [-0.25, -0.2) is 4.39 Å². The summed E-state index contributed by atoms with van der Waals surface area (Å²) in [6.07, 6.45) is 2.58. The van der Waals surface area contributed by atoms with Gasteiger partial charge in [0.2, 0.25) is 0 Å². The average molecular weight is 558 g/mol. The number of H-pyrrole nitrogens is 1. The molecule has 9 heteroatoms. The van der Waals surface area contributed by atoms with Crippen LogP contribution in [-0.2, 0) is 6.42 Å². The quantitative estimate of drug-likeness (QED) is 0.146. The zero-order valence-electron chi connectivity index (χ0n) is 17.2. The lowest BCUT2D eigenvalue weighted by atomic mass is 10.1. The van der Waals surface area contributed by atoms with Gasteiger partial charge < -0.3 is 20.9 Å². The first kappa shape index (κ1) is 24.9. The van der Waals surface area contributed by atoms with Gasteiger partial charge in [-0.05, 0) is 49.2 Å². The van der Waals surface area contributed by atoms with E-state index in [0.717, 1.165) is 23.0 Å². The summed E-state index contributed by atoms with van der Waals surface area (Å²) >= 11 is 6.04. The van der Waals surface area contributed by atoms with Crippen LogP contribution < -0.4 is 16.0 Å². The van der Waals surface area contributed by atoms with Crippen LogP contribution in [-0.4, -0.2) is 43.0 Å². The van der Waals surface area contributed by atoms with E-state index in [1.54, 1.807) is 30.3 Å². The molecular weight excluding hydrogens is 532 g/mol. The van der Waals surface area contributed by atoms with Crippen LogP contribution in [0, 0.1) is 5.82 Å². The number of benzene rings is 2. The molecular formula is C22H26ClFIN5O. The summed E-state index contributed by atoms with van der Waals surface area (Å²) in [7, 11) is 0. The monoisotopic (exact) mass is 557 g/mol. The van der Waals surface area contributed by atoms with Gasteiger partial charge in [-0.15, -0.1) is 24.0 Å². The number of guanidine groups is 1. The predicted molar refractivity (Wildman–Crippen MR) is 135 cm³/mol. The Labute approximate surface area is 203 Å².